The standard InChI is InChI=1S/C11H13NO6S2/c1-18-11(15)9-4-8(6-19-9)20(16,17)12-3-2-7(5-12)10(13)14/h4,6-7H,2-3,5H2,1H3,(H,13,14). The summed E-state index contributed by atoms with van der Waals surface area (Å²) < 4.78 is 30.3. The summed E-state index contributed by atoms with van der Waals surface area (Å²) in [6.07, 6.45) is 0.294. The number of ether oxygens (including phenoxy) is 1. The third-order valence-electron chi connectivity index (χ3n) is 3.10. The fraction of sp³-hybridized carbons (Fsp3) is 0.455. The van der Waals surface area contributed by atoms with Gasteiger partial charge in [0.05, 0.1) is 17.9 Å². The number of sulfonamides is 1. The van der Waals surface area contributed by atoms with Crippen molar-refractivity contribution in [3.63, 3.8) is 0 Å². The number of carbonyl (C=O) groups excluding carboxylic acids is 1. The Morgan fingerprint density at radius 3 is 2.75 bits per heavy atom. The van der Waals surface area contributed by atoms with Gasteiger partial charge in [0.15, 0.2) is 0 Å². The lowest BCUT2D eigenvalue weighted by Gasteiger charge is -2.14. The van der Waals surface area contributed by atoms with Crippen molar-refractivity contribution in [3.8, 4) is 0 Å². The van der Waals surface area contributed by atoms with Crippen molar-refractivity contribution in [2.24, 2.45) is 5.92 Å². The zero-order valence-electron chi connectivity index (χ0n) is 10.6. The molecule has 9 heteroatoms. The van der Waals surface area contributed by atoms with Crippen LogP contribution in [0.2, 0.25) is 0 Å². The van der Waals surface area contributed by atoms with E-state index in [9.17, 15) is 18.0 Å². The second-order valence-electron chi connectivity index (χ2n) is 4.33. The number of aliphatic carboxylic acids is 1. The highest BCUT2D eigenvalue weighted by Gasteiger charge is 2.36. The fourth-order valence-electron chi connectivity index (χ4n) is 1.96. The van der Waals surface area contributed by atoms with Crippen LogP contribution in [0.1, 0.15) is 16.1 Å². The van der Waals surface area contributed by atoms with E-state index in [-0.39, 0.29) is 22.9 Å². The van der Waals surface area contributed by atoms with Crippen molar-refractivity contribution in [2.45, 2.75) is 11.3 Å². The summed E-state index contributed by atoms with van der Waals surface area (Å²) in [5.41, 5.74) is 0. The summed E-state index contributed by atoms with van der Waals surface area (Å²) in [6, 6.07) is 1.25. The van der Waals surface area contributed by atoms with Crippen LogP contribution in [-0.2, 0) is 19.6 Å². The normalized spacial score (nSPS) is 19.9. The predicted molar refractivity (Wildman–Crippen MR) is 70.2 cm³/mol. The highest BCUT2D eigenvalue weighted by Crippen LogP contribution is 2.27. The third-order valence-corrected chi connectivity index (χ3v) is 6.00. The van der Waals surface area contributed by atoms with Gasteiger partial charge in [-0.3, -0.25) is 4.79 Å². The average molecular weight is 319 g/mol. The van der Waals surface area contributed by atoms with Crippen molar-refractivity contribution in [2.75, 3.05) is 20.2 Å². The number of thiophene rings is 1. The summed E-state index contributed by atoms with van der Waals surface area (Å²) in [5, 5.41) is 10.3. The molecule has 2 heterocycles. The Balaban J connectivity index is 2.21. The Bertz CT molecular complexity index is 635. The Morgan fingerprint density at radius 2 is 2.20 bits per heavy atom. The lowest BCUT2D eigenvalue weighted by Crippen LogP contribution is -2.29. The third kappa shape index (κ3) is 2.69. The van der Waals surface area contributed by atoms with E-state index < -0.39 is 27.9 Å². The van der Waals surface area contributed by atoms with Gasteiger partial charge in [-0.15, -0.1) is 11.3 Å². The molecule has 0 saturated carbocycles. The van der Waals surface area contributed by atoms with Gasteiger partial charge in [0.2, 0.25) is 10.0 Å². The van der Waals surface area contributed by atoms with Gasteiger partial charge >= 0.3 is 11.9 Å². The number of nitrogens with zero attached hydrogens (tertiary/aromatic N) is 1. The topological polar surface area (TPSA) is 101 Å². The number of rotatable bonds is 4. The molecule has 0 radical (unpaired) electrons. The second-order valence-corrected chi connectivity index (χ2v) is 7.17. The van der Waals surface area contributed by atoms with E-state index in [1.54, 1.807) is 0 Å². The SMILES string of the molecule is COC(=O)c1cc(S(=O)(=O)N2CCC(C(=O)O)C2)cs1. The summed E-state index contributed by atoms with van der Waals surface area (Å²) >= 11 is 0.978. The van der Waals surface area contributed by atoms with Crippen LogP contribution in [0.3, 0.4) is 0 Å². The monoisotopic (exact) mass is 319 g/mol. The van der Waals surface area contributed by atoms with E-state index in [1.165, 1.54) is 18.6 Å². The Morgan fingerprint density at radius 1 is 1.50 bits per heavy atom. The molecule has 20 heavy (non-hydrogen) atoms. The van der Waals surface area contributed by atoms with Crippen LogP contribution in [0.15, 0.2) is 16.3 Å². The van der Waals surface area contributed by atoms with E-state index in [4.69, 9.17) is 5.11 Å². The van der Waals surface area contributed by atoms with Gasteiger partial charge in [-0.25, -0.2) is 13.2 Å². The van der Waals surface area contributed by atoms with E-state index in [1.807, 2.05) is 0 Å². The zero-order chi connectivity index (χ0) is 14.9. The first kappa shape index (κ1) is 14.9. The lowest BCUT2D eigenvalue weighted by atomic mass is 10.1. The fourth-order valence-corrected chi connectivity index (χ4v) is 4.64. The molecule has 0 bridgehead atoms. The Kier molecular flexibility index (Phi) is 4.11. The molecule has 0 amide bonds. The highest BCUT2D eigenvalue weighted by molar-refractivity contribution is 7.89. The van der Waals surface area contributed by atoms with Crippen molar-refractivity contribution in [3.05, 3.63) is 16.3 Å². The first-order valence-electron chi connectivity index (χ1n) is 5.76. The zero-order valence-corrected chi connectivity index (χ0v) is 12.2. The molecule has 1 aromatic heterocycles. The Labute approximate surface area is 119 Å². The molecule has 1 saturated heterocycles. The molecule has 7 nitrogen and oxygen atoms in total. The van der Waals surface area contributed by atoms with Gasteiger partial charge in [-0.1, -0.05) is 0 Å². The van der Waals surface area contributed by atoms with Gasteiger partial charge in [-0.2, -0.15) is 4.31 Å². The number of hydrogen-bond acceptors (Lipinski definition) is 6. The number of hydrogen-bond donors (Lipinski definition) is 1. The van der Waals surface area contributed by atoms with Crippen LogP contribution in [-0.4, -0.2) is 50.0 Å². The maximum Gasteiger partial charge on any atom is 0.348 e. The van der Waals surface area contributed by atoms with Gasteiger partial charge in [0, 0.05) is 18.5 Å². The molecule has 1 aliphatic rings. The first-order valence-corrected chi connectivity index (χ1v) is 8.08. The molecule has 1 aliphatic heterocycles. The van der Waals surface area contributed by atoms with Gasteiger partial charge in [-0.05, 0) is 12.5 Å². The molecule has 2 rings (SSSR count). The first-order chi connectivity index (χ1) is 9.36. The van der Waals surface area contributed by atoms with Crippen molar-refractivity contribution in [1.82, 2.24) is 4.31 Å². The number of carbonyl (C=O) groups is 2. The van der Waals surface area contributed by atoms with E-state index in [0.29, 0.717) is 6.42 Å². The second kappa shape index (κ2) is 5.51. The summed E-state index contributed by atoms with van der Waals surface area (Å²) in [7, 11) is -2.54. The van der Waals surface area contributed by atoms with Crippen LogP contribution in [0.5, 0.6) is 0 Å². The molecule has 1 aromatic rings. The minimum absolute atomic E-state index is 0.00561. The Hall–Kier alpha value is -1.45. The molecule has 1 N–H and O–H groups in total. The van der Waals surface area contributed by atoms with Crippen molar-refractivity contribution >= 4 is 33.3 Å². The van der Waals surface area contributed by atoms with E-state index in [0.717, 1.165) is 15.6 Å². The summed E-state index contributed by atoms with van der Waals surface area (Å²) in [4.78, 5) is 22.4. The number of carboxylic acid groups (broad SMARTS) is 1. The van der Waals surface area contributed by atoms with E-state index in [2.05, 4.69) is 4.74 Å². The smallest absolute Gasteiger partial charge is 0.348 e. The highest BCUT2D eigenvalue weighted by atomic mass is 32.2. The molecule has 110 valence electrons. The van der Waals surface area contributed by atoms with Crippen molar-refractivity contribution < 1.29 is 27.9 Å². The predicted octanol–water partition coefficient (Wildman–Crippen LogP) is 0.630. The quantitative estimate of drug-likeness (QED) is 0.817. The molecule has 1 fully saturated rings. The molecule has 0 spiro atoms. The van der Waals surface area contributed by atoms with Crippen LogP contribution in [0, 0.1) is 5.92 Å². The maximum atomic E-state index is 12.3. The number of carboxylic acids is 1. The minimum atomic E-state index is -3.75. The number of esters is 1. The van der Waals surface area contributed by atoms with Crippen LogP contribution >= 0.6 is 11.3 Å². The van der Waals surface area contributed by atoms with Crippen LogP contribution in [0.25, 0.3) is 0 Å². The van der Waals surface area contributed by atoms with Gasteiger partial charge in [0.1, 0.15) is 4.88 Å². The van der Waals surface area contributed by atoms with E-state index >= 15 is 0 Å². The largest absolute Gasteiger partial charge is 0.481 e. The van der Waals surface area contributed by atoms with Gasteiger partial charge in [0.25, 0.3) is 0 Å². The molecule has 0 aliphatic carbocycles. The molecule has 0 aromatic carbocycles. The number of methoxy groups -OCH3 is 1. The van der Waals surface area contributed by atoms with Crippen LogP contribution in [0.4, 0.5) is 0 Å². The van der Waals surface area contributed by atoms with Crippen LogP contribution < -0.4 is 0 Å². The summed E-state index contributed by atoms with van der Waals surface area (Å²) in [6.45, 7) is 0.129. The minimum Gasteiger partial charge on any atom is -0.481 e. The molecule has 1 unspecified atom stereocenters. The molecular weight excluding hydrogens is 306 g/mol. The maximum absolute atomic E-state index is 12.3. The summed E-state index contributed by atoms with van der Waals surface area (Å²) in [5.74, 6) is -2.27. The van der Waals surface area contributed by atoms with Crippen molar-refractivity contribution in [1.29, 1.82) is 0 Å². The molecular formula is C11H13NO6S2. The van der Waals surface area contributed by atoms with Gasteiger partial charge < -0.3 is 9.84 Å². The average Bonchev–Trinajstić information content (AvgIpc) is 3.06. The lowest BCUT2D eigenvalue weighted by molar-refractivity contribution is -0.141. The molecule has 1 atom stereocenters.